The van der Waals surface area contributed by atoms with Gasteiger partial charge in [-0.3, -0.25) is 0 Å². The summed E-state index contributed by atoms with van der Waals surface area (Å²) in [6.45, 7) is 1.72. The molecule has 0 aliphatic rings. The molecule has 72 valence electrons. The third kappa shape index (κ3) is 1.39. The molecule has 1 aromatic carbocycles. The van der Waals surface area contributed by atoms with Crippen molar-refractivity contribution in [3.8, 4) is 0 Å². The largest absolute Gasteiger partial charge is 0.478 e. The number of benzene rings is 1. The van der Waals surface area contributed by atoms with Crippen LogP contribution in [0.15, 0.2) is 21.0 Å². The van der Waals surface area contributed by atoms with Gasteiger partial charge in [0.15, 0.2) is 11.5 Å². The average molecular weight is 256 g/mol. The zero-order chi connectivity index (χ0) is 10.3. The van der Waals surface area contributed by atoms with E-state index >= 15 is 0 Å². The van der Waals surface area contributed by atoms with Crippen LogP contribution < -0.4 is 0 Å². The highest BCUT2D eigenvalue weighted by Crippen LogP contribution is 2.24. The van der Waals surface area contributed by atoms with Crippen molar-refractivity contribution in [3.63, 3.8) is 0 Å². The van der Waals surface area contributed by atoms with Crippen LogP contribution in [0.25, 0.3) is 11.1 Å². The molecule has 2 aromatic rings. The standard InChI is InChI=1S/C9H6BrNO3/c1-4-11-7-2-5(9(12)13)6(10)3-8(7)14-4/h2-3H,1H3,(H,12,13). The number of hydrogen-bond acceptors (Lipinski definition) is 3. The fourth-order valence-corrected chi connectivity index (χ4v) is 1.72. The van der Waals surface area contributed by atoms with Crippen molar-refractivity contribution in [2.24, 2.45) is 0 Å². The molecule has 14 heavy (non-hydrogen) atoms. The van der Waals surface area contributed by atoms with Crippen LogP contribution >= 0.6 is 15.9 Å². The molecule has 0 radical (unpaired) electrons. The Hall–Kier alpha value is -1.36. The maximum Gasteiger partial charge on any atom is 0.336 e. The number of carboxylic acid groups (broad SMARTS) is 1. The second-order valence-corrected chi connectivity index (χ2v) is 3.69. The Morgan fingerprint density at radius 3 is 2.93 bits per heavy atom. The zero-order valence-corrected chi connectivity index (χ0v) is 8.83. The third-order valence-corrected chi connectivity index (χ3v) is 2.47. The van der Waals surface area contributed by atoms with Crippen molar-refractivity contribution in [2.45, 2.75) is 6.92 Å². The van der Waals surface area contributed by atoms with E-state index in [1.165, 1.54) is 6.07 Å². The summed E-state index contributed by atoms with van der Waals surface area (Å²) >= 11 is 3.16. The fraction of sp³-hybridized carbons (Fsp3) is 0.111. The summed E-state index contributed by atoms with van der Waals surface area (Å²) in [7, 11) is 0. The van der Waals surface area contributed by atoms with Gasteiger partial charge >= 0.3 is 5.97 Å². The molecule has 1 aromatic heterocycles. The lowest BCUT2D eigenvalue weighted by molar-refractivity contribution is 0.0696. The number of halogens is 1. The van der Waals surface area contributed by atoms with Crippen LogP contribution in [-0.4, -0.2) is 16.1 Å². The second-order valence-electron chi connectivity index (χ2n) is 2.84. The zero-order valence-electron chi connectivity index (χ0n) is 7.24. The monoisotopic (exact) mass is 255 g/mol. The molecule has 0 spiro atoms. The van der Waals surface area contributed by atoms with Crippen molar-refractivity contribution >= 4 is 33.0 Å². The molecular formula is C9H6BrNO3. The molecule has 0 unspecified atom stereocenters. The molecular weight excluding hydrogens is 250 g/mol. The first-order valence-corrected chi connectivity index (χ1v) is 4.67. The lowest BCUT2D eigenvalue weighted by atomic mass is 10.2. The maximum atomic E-state index is 10.8. The number of carbonyl (C=O) groups is 1. The summed E-state index contributed by atoms with van der Waals surface area (Å²) in [5.74, 6) is -0.464. The van der Waals surface area contributed by atoms with E-state index in [0.29, 0.717) is 21.5 Å². The molecule has 0 saturated heterocycles. The summed E-state index contributed by atoms with van der Waals surface area (Å²) in [4.78, 5) is 14.8. The topological polar surface area (TPSA) is 63.3 Å². The highest BCUT2D eigenvalue weighted by Gasteiger charge is 2.12. The van der Waals surface area contributed by atoms with Crippen LogP contribution in [0.2, 0.25) is 0 Å². The normalized spacial score (nSPS) is 10.7. The Balaban J connectivity index is 2.76. The van der Waals surface area contributed by atoms with Crippen LogP contribution in [0.1, 0.15) is 16.2 Å². The lowest BCUT2D eigenvalue weighted by Gasteiger charge is -1.96. The van der Waals surface area contributed by atoms with Gasteiger partial charge in [-0.15, -0.1) is 0 Å². The van der Waals surface area contributed by atoms with E-state index in [0.717, 1.165) is 0 Å². The third-order valence-electron chi connectivity index (χ3n) is 1.81. The van der Waals surface area contributed by atoms with E-state index in [1.54, 1.807) is 13.0 Å². The number of hydrogen-bond donors (Lipinski definition) is 1. The van der Waals surface area contributed by atoms with E-state index in [4.69, 9.17) is 9.52 Å². The van der Waals surface area contributed by atoms with Gasteiger partial charge in [0, 0.05) is 11.4 Å². The van der Waals surface area contributed by atoms with Crippen LogP contribution in [0.5, 0.6) is 0 Å². The fourth-order valence-electron chi connectivity index (χ4n) is 1.23. The number of carboxylic acids is 1. The number of nitrogens with zero attached hydrogens (tertiary/aromatic N) is 1. The maximum absolute atomic E-state index is 10.8. The molecule has 1 heterocycles. The molecule has 5 heteroatoms. The van der Waals surface area contributed by atoms with Gasteiger partial charge in [0.2, 0.25) is 0 Å². The Bertz CT molecular complexity index is 518. The number of oxazole rings is 1. The van der Waals surface area contributed by atoms with Crippen molar-refractivity contribution in [2.75, 3.05) is 0 Å². The molecule has 0 fully saturated rings. The molecule has 0 aliphatic carbocycles. The molecule has 0 bridgehead atoms. The summed E-state index contributed by atoms with van der Waals surface area (Å²) in [6.07, 6.45) is 0. The number of aromatic carboxylic acids is 1. The van der Waals surface area contributed by atoms with Gasteiger partial charge < -0.3 is 9.52 Å². The van der Waals surface area contributed by atoms with Gasteiger partial charge in [-0.2, -0.15) is 0 Å². The SMILES string of the molecule is Cc1nc2cc(C(=O)O)c(Br)cc2o1. The predicted molar refractivity (Wildman–Crippen MR) is 53.4 cm³/mol. The van der Waals surface area contributed by atoms with Crippen molar-refractivity contribution < 1.29 is 14.3 Å². The van der Waals surface area contributed by atoms with Gasteiger partial charge in [-0.05, 0) is 28.1 Å². The highest BCUT2D eigenvalue weighted by molar-refractivity contribution is 9.10. The molecule has 0 amide bonds. The Morgan fingerprint density at radius 1 is 1.57 bits per heavy atom. The summed E-state index contributed by atoms with van der Waals surface area (Å²) in [5.41, 5.74) is 1.33. The molecule has 2 rings (SSSR count). The van der Waals surface area contributed by atoms with E-state index in [9.17, 15) is 4.79 Å². The second kappa shape index (κ2) is 3.09. The summed E-state index contributed by atoms with van der Waals surface area (Å²) in [6, 6.07) is 3.09. The van der Waals surface area contributed by atoms with Crippen LogP contribution in [0.3, 0.4) is 0 Å². The Morgan fingerprint density at radius 2 is 2.29 bits per heavy atom. The number of fused-ring (bicyclic) bond motifs is 1. The number of rotatable bonds is 1. The minimum atomic E-state index is -0.987. The quantitative estimate of drug-likeness (QED) is 0.851. The van der Waals surface area contributed by atoms with Gasteiger partial charge in [-0.25, -0.2) is 9.78 Å². The van der Waals surface area contributed by atoms with Crippen LogP contribution in [0.4, 0.5) is 0 Å². The van der Waals surface area contributed by atoms with Gasteiger partial charge in [-0.1, -0.05) is 0 Å². The minimum absolute atomic E-state index is 0.186. The lowest BCUT2D eigenvalue weighted by Crippen LogP contribution is -1.97. The molecule has 1 N–H and O–H groups in total. The smallest absolute Gasteiger partial charge is 0.336 e. The first kappa shape index (κ1) is 9.21. The van der Waals surface area contributed by atoms with E-state index < -0.39 is 5.97 Å². The number of aryl methyl sites for hydroxylation is 1. The van der Waals surface area contributed by atoms with E-state index in [-0.39, 0.29) is 5.56 Å². The number of aromatic nitrogens is 1. The Kier molecular flexibility index (Phi) is 2.03. The molecule has 4 nitrogen and oxygen atoms in total. The average Bonchev–Trinajstić information content (AvgIpc) is 2.42. The predicted octanol–water partition coefficient (Wildman–Crippen LogP) is 2.60. The van der Waals surface area contributed by atoms with Crippen molar-refractivity contribution in [1.29, 1.82) is 0 Å². The van der Waals surface area contributed by atoms with Gasteiger partial charge in [0.05, 0.1) is 5.56 Å². The van der Waals surface area contributed by atoms with Crippen molar-refractivity contribution in [3.05, 3.63) is 28.1 Å². The first-order valence-electron chi connectivity index (χ1n) is 3.88. The van der Waals surface area contributed by atoms with E-state index in [2.05, 4.69) is 20.9 Å². The summed E-state index contributed by atoms with van der Waals surface area (Å²) in [5, 5.41) is 8.84. The first-order chi connectivity index (χ1) is 6.58. The minimum Gasteiger partial charge on any atom is -0.478 e. The van der Waals surface area contributed by atoms with Gasteiger partial charge in [0.25, 0.3) is 0 Å². The molecule has 0 atom stereocenters. The Labute approximate surface area is 87.7 Å². The van der Waals surface area contributed by atoms with Crippen molar-refractivity contribution in [1.82, 2.24) is 4.98 Å². The molecule has 0 saturated carbocycles. The van der Waals surface area contributed by atoms with Crippen LogP contribution in [-0.2, 0) is 0 Å². The van der Waals surface area contributed by atoms with E-state index in [1.807, 2.05) is 0 Å². The van der Waals surface area contributed by atoms with Gasteiger partial charge in [0.1, 0.15) is 5.52 Å². The summed E-state index contributed by atoms with van der Waals surface area (Å²) < 4.78 is 5.74. The van der Waals surface area contributed by atoms with Crippen LogP contribution in [0, 0.1) is 6.92 Å². The molecule has 0 aliphatic heterocycles. The highest BCUT2D eigenvalue weighted by atomic mass is 79.9.